The molecule has 0 aliphatic heterocycles. The zero-order chi connectivity index (χ0) is 18.4. The molecule has 26 heavy (non-hydrogen) atoms. The number of pyridine rings is 2. The van der Waals surface area contributed by atoms with E-state index in [0.717, 1.165) is 11.3 Å². The molecule has 0 spiro atoms. The molecule has 132 valence electrons. The van der Waals surface area contributed by atoms with Gasteiger partial charge in [0.2, 0.25) is 0 Å². The maximum Gasteiger partial charge on any atom is 0.258 e. The lowest BCUT2D eigenvalue weighted by Crippen LogP contribution is -2.13. The first kappa shape index (κ1) is 17.9. The molecule has 1 unspecified atom stereocenters. The monoisotopic (exact) mass is 365 g/mol. The molecule has 2 heterocycles. The number of carbonyl (C=O) groups is 1. The highest BCUT2D eigenvalue weighted by molar-refractivity contribution is 7.99. The second-order valence-electron chi connectivity index (χ2n) is 5.55. The van der Waals surface area contributed by atoms with Gasteiger partial charge in [0.05, 0.1) is 12.7 Å². The lowest BCUT2D eigenvalue weighted by Gasteiger charge is -2.16. The minimum atomic E-state index is -0.195. The molecule has 0 radical (unpaired) electrons. The molecule has 5 nitrogen and oxygen atoms in total. The summed E-state index contributed by atoms with van der Waals surface area (Å²) in [6.45, 7) is 2.07. The Labute approximate surface area is 156 Å². The number of anilines is 1. The highest BCUT2D eigenvalue weighted by atomic mass is 32.2. The summed E-state index contributed by atoms with van der Waals surface area (Å²) in [5.74, 6) is 0.630. The number of nitrogens with zero attached hydrogens (tertiary/aromatic N) is 2. The number of hydrogen-bond acceptors (Lipinski definition) is 5. The van der Waals surface area contributed by atoms with Gasteiger partial charge < -0.3 is 10.1 Å². The molecular weight excluding hydrogens is 346 g/mol. The lowest BCUT2D eigenvalue weighted by atomic mass is 10.1. The van der Waals surface area contributed by atoms with E-state index in [9.17, 15) is 4.79 Å². The average Bonchev–Trinajstić information content (AvgIpc) is 2.69. The van der Waals surface area contributed by atoms with E-state index in [1.165, 1.54) is 11.8 Å². The van der Waals surface area contributed by atoms with E-state index in [0.29, 0.717) is 16.3 Å². The van der Waals surface area contributed by atoms with Crippen molar-refractivity contribution < 1.29 is 9.53 Å². The number of carbonyl (C=O) groups excluding carboxylic acids is 1. The summed E-state index contributed by atoms with van der Waals surface area (Å²) in [7, 11) is 1.66. The normalized spacial score (nSPS) is 11.6. The number of thioether (sulfide) groups is 1. The second kappa shape index (κ2) is 8.49. The number of para-hydroxylation sites is 1. The van der Waals surface area contributed by atoms with Crippen molar-refractivity contribution in [2.45, 2.75) is 17.2 Å². The molecule has 1 N–H and O–H groups in total. The third-order valence-electron chi connectivity index (χ3n) is 3.82. The van der Waals surface area contributed by atoms with Gasteiger partial charge in [-0.15, -0.1) is 0 Å². The summed E-state index contributed by atoms with van der Waals surface area (Å²) < 4.78 is 5.44. The molecule has 0 fully saturated rings. The van der Waals surface area contributed by atoms with Crippen LogP contribution in [-0.4, -0.2) is 23.0 Å². The summed E-state index contributed by atoms with van der Waals surface area (Å²) in [5.41, 5.74) is 2.30. The Balaban J connectivity index is 1.82. The van der Waals surface area contributed by atoms with Crippen molar-refractivity contribution in [3.63, 3.8) is 0 Å². The van der Waals surface area contributed by atoms with E-state index in [1.807, 2.05) is 24.3 Å². The van der Waals surface area contributed by atoms with Crippen molar-refractivity contribution in [3.8, 4) is 5.75 Å². The van der Waals surface area contributed by atoms with E-state index in [-0.39, 0.29) is 11.2 Å². The van der Waals surface area contributed by atoms with E-state index < -0.39 is 0 Å². The molecule has 1 aromatic carbocycles. The summed E-state index contributed by atoms with van der Waals surface area (Å²) in [4.78, 5) is 21.0. The number of benzene rings is 1. The smallest absolute Gasteiger partial charge is 0.258 e. The van der Waals surface area contributed by atoms with Crippen molar-refractivity contribution in [1.82, 2.24) is 9.97 Å². The number of hydrogen-bond donors (Lipinski definition) is 1. The van der Waals surface area contributed by atoms with Crippen LogP contribution in [0.2, 0.25) is 0 Å². The van der Waals surface area contributed by atoms with Gasteiger partial charge in [0, 0.05) is 35.1 Å². The van der Waals surface area contributed by atoms with Crippen LogP contribution in [-0.2, 0) is 0 Å². The van der Waals surface area contributed by atoms with E-state index in [1.54, 1.807) is 50.0 Å². The Bertz CT molecular complexity index is 887. The lowest BCUT2D eigenvalue weighted by molar-refractivity contribution is 0.102. The Morgan fingerprint density at radius 2 is 1.85 bits per heavy atom. The molecule has 3 aromatic rings. The van der Waals surface area contributed by atoms with Crippen LogP contribution in [0.5, 0.6) is 5.75 Å². The summed E-state index contributed by atoms with van der Waals surface area (Å²) in [5, 5.41) is 3.63. The van der Waals surface area contributed by atoms with Gasteiger partial charge in [-0.3, -0.25) is 9.78 Å². The van der Waals surface area contributed by atoms with Gasteiger partial charge in [0.15, 0.2) is 0 Å². The molecule has 0 saturated heterocycles. The van der Waals surface area contributed by atoms with Crippen LogP contribution >= 0.6 is 11.8 Å². The van der Waals surface area contributed by atoms with Crippen molar-refractivity contribution in [2.75, 3.05) is 12.4 Å². The first-order valence-electron chi connectivity index (χ1n) is 8.15. The second-order valence-corrected chi connectivity index (χ2v) is 6.88. The summed E-state index contributed by atoms with van der Waals surface area (Å²) in [6, 6.07) is 14.9. The Morgan fingerprint density at radius 3 is 2.62 bits per heavy atom. The molecule has 3 rings (SSSR count). The van der Waals surface area contributed by atoms with Crippen molar-refractivity contribution in [2.24, 2.45) is 0 Å². The fourth-order valence-electron chi connectivity index (χ4n) is 2.52. The molecular formula is C20H19N3O2S. The van der Waals surface area contributed by atoms with Gasteiger partial charge in [0.1, 0.15) is 10.8 Å². The highest BCUT2D eigenvalue weighted by Gasteiger charge is 2.18. The van der Waals surface area contributed by atoms with E-state index in [2.05, 4.69) is 22.2 Å². The quantitative estimate of drug-likeness (QED) is 0.647. The Kier molecular flexibility index (Phi) is 5.86. The molecule has 1 amide bonds. The standard InChI is InChI=1S/C20H19N3O2S/c1-14(16-6-3-4-8-18(16)25-2)26-20-17(7-5-11-22-20)19(24)23-15-9-12-21-13-10-15/h3-14H,1-2H3,(H,21,23,24). The maximum absolute atomic E-state index is 12.7. The minimum absolute atomic E-state index is 0.0773. The van der Waals surface area contributed by atoms with E-state index in [4.69, 9.17) is 4.74 Å². The largest absolute Gasteiger partial charge is 0.496 e. The molecule has 6 heteroatoms. The number of rotatable bonds is 6. The summed E-state index contributed by atoms with van der Waals surface area (Å²) >= 11 is 1.53. The zero-order valence-corrected chi connectivity index (χ0v) is 15.4. The first-order valence-corrected chi connectivity index (χ1v) is 9.03. The number of ether oxygens (including phenoxy) is 1. The Morgan fingerprint density at radius 1 is 1.08 bits per heavy atom. The van der Waals surface area contributed by atoms with Crippen LogP contribution in [0.3, 0.4) is 0 Å². The van der Waals surface area contributed by atoms with Crippen LogP contribution in [0.15, 0.2) is 72.1 Å². The fraction of sp³-hybridized carbons (Fsp3) is 0.150. The number of nitrogens with one attached hydrogen (secondary N) is 1. The maximum atomic E-state index is 12.7. The third-order valence-corrected chi connectivity index (χ3v) is 4.98. The van der Waals surface area contributed by atoms with Gasteiger partial charge in [0.25, 0.3) is 5.91 Å². The predicted octanol–water partition coefficient (Wildman–Crippen LogP) is 4.59. The molecule has 0 aliphatic carbocycles. The van der Waals surface area contributed by atoms with Crippen LogP contribution in [0.1, 0.15) is 28.1 Å². The predicted molar refractivity (Wildman–Crippen MR) is 104 cm³/mol. The van der Waals surface area contributed by atoms with Gasteiger partial charge in [-0.05, 0) is 37.3 Å². The summed E-state index contributed by atoms with van der Waals surface area (Å²) in [6.07, 6.45) is 4.97. The van der Waals surface area contributed by atoms with Gasteiger partial charge in [-0.2, -0.15) is 0 Å². The van der Waals surface area contributed by atoms with Crippen LogP contribution < -0.4 is 10.1 Å². The highest BCUT2D eigenvalue weighted by Crippen LogP contribution is 2.39. The number of amides is 1. The average molecular weight is 365 g/mol. The molecule has 2 aromatic heterocycles. The molecule has 0 saturated carbocycles. The van der Waals surface area contributed by atoms with Crippen LogP contribution in [0, 0.1) is 0 Å². The van der Waals surface area contributed by atoms with Gasteiger partial charge >= 0.3 is 0 Å². The molecule has 1 atom stereocenters. The number of aromatic nitrogens is 2. The van der Waals surface area contributed by atoms with Crippen molar-refractivity contribution in [3.05, 3.63) is 78.2 Å². The zero-order valence-electron chi connectivity index (χ0n) is 14.5. The minimum Gasteiger partial charge on any atom is -0.496 e. The van der Waals surface area contributed by atoms with E-state index >= 15 is 0 Å². The van der Waals surface area contributed by atoms with Crippen LogP contribution in [0.4, 0.5) is 5.69 Å². The first-order chi connectivity index (χ1) is 12.7. The topological polar surface area (TPSA) is 64.1 Å². The van der Waals surface area contributed by atoms with Crippen molar-refractivity contribution in [1.29, 1.82) is 0 Å². The number of methoxy groups -OCH3 is 1. The van der Waals surface area contributed by atoms with Crippen molar-refractivity contribution >= 4 is 23.4 Å². The molecule has 0 aliphatic rings. The Hall–Kier alpha value is -2.86. The molecule has 0 bridgehead atoms. The third kappa shape index (κ3) is 4.21. The van der Waals surface area contributed by atoms with Gasteiger partial charge in [-0.25, -0.2) is 4.98 Å². The van der Waals surface area contributed by atoms with Crippen LogP contribution in [0.25, 0.3) is 0 Å². The SMILES string of the molecule is COc1ccccc1C(C)Sc1ncccc1C(=O)Nc1ccncc1. The fourth-order valence-corrected chi connectivity index (χ4v) is 3.59. The van der Waals surface area contributed by atoms with Gasteiger partial charge in [-0.1, -0.05) is 30.0 Å².